The normalized spacial score (nSPS) is 10.8. The van der Waals surface area contributed by atoms with Gasteiger partial charge in [-0.2, -0.15) is 5.10 Å². The van der Waals surface area contributed by atoms with Crippen LogP contribution in [0.4, 0.5) is 10.1 Å². The van der Waals surface area contributed by atoms with E-state index in [9.17, 15) is 9.18 Å². The van der Waals surface area contributed by atoms with E-state index >= 15 is 0 Å². The number of anilines is 1. The summed E-state index contributed by atoms with van der Waals surface area (Å²) >= 11 is 0. The van der Waals surface area contributed by atoms with Gasteiger partial charge in [-0.25, -0.2) is 9.37 Å². The van der Waals surface area contributed by atoms with Crippen molar-refractivity contribution in [1.29, 1.82) is 0 Å². The Morgan fingerprint density at radius 1 is 1.23 bits per heavy atom. The van der Waals surface area contributed by atoms with Gasteiger partial charge < -0.3 is 14.3 Å². The number of aromatic nitrogens is 4. The highest BCUT2D eigenvalue weighted by molar-refractivity contribution is 6.03. The van der Waals surface area contributed by atoms with Crippen molar-refractivity contribution in [2.24, 2.45) is 0 Å². The van der Waals surface area contributed by atoms with Gasteiger partial charge in [0.15, 0.2) is 17.8 Å². The minimum atomic E-state index is -0.454. The molecule has 1 amide bonds. The summed E-state index contributed by atoms with van der Waals surface area (Å²) in [5.74, 6) is -0.0875. The number of hydrogen-bond donors (Lipinski definition) is 1. The van der Waals surface area contributed by atoms with Gasteiger partial charge in [0.2, 0.25) is 5.76 Å². The van der Waals surface area contributed by atoms with Crippen molar-refractivity contribution in [3.63, 3.8) is 0 Å². The lowest BCUT2D eigenvalue weighted by atomic mass is 10.2. The Morgan fingerprint density at radius 2 is 2.15 bits per heavy atom. The number of benzene rings is 1. The van der Waals surface area contributed by atoms with E-state index in [-0.39, 0.29) is 11.5 Å². The fraction of sp³-hybridized carbons (Fsp3) is 0.0588. The zero-order valence-electron chi connectivity index (χ0n) is 13.3. The van der Waals surface area contributed by atoms with Gasteiger partial charge in [-0.05, 0) is 17.7 Å². The van der Waals surface area contributed by atoms with Gasteiger partial charge in [0.25, 0.3) is 5.91 Å². The molecule has 1 N–H and O–H groups in total. The van der Waals surface area contributed by atoms with Crippen LogP contribution in [0.15, 0.2) is 64.3 Å². The minimum Gasteiger partial charge on any atom is -0.440 e. The Labute approximate surface area is 146 Å². The maximum absolute atomic E-state index is 13.2. The molecular weight excluding hydrogens is 341 g/mol. The molecule has 4 aromatic rings. The SMILES string of the molecule is O=C(Nc1cnn(Cc2cccc(F)c2)c1)c1cc(-c2cnco2)on1. The summed E-state index contributed by atoms with van der Waals surface area (Å²) in [7, 11) is 0. The van der Waals surface area contributed by atoms with E-state index in [0.29, 0.717) is 23.8 Å². The standard InChI is InChI=1S/C17H12FN5O3/c18-12-3-1-2-11(4-12)8-23-9-13(6-20-23)21-17(24)14-5-15(26-22-14)16-7-19-10-25-16/h1-7,9-10H,8H2,(H,21,24). The Hall–Kier alpha value is -3.75. The molecule has 0 spiro atoms. The van der Waals surface area contributed by atoms with E-state index in [1.807, 2.05) is 0 Å². The van der Waals surface area contributed by atoms with Gasteiger partial charge in [0.05, 0.1) is 24.6 Å². The number of carbonyl (C=O) groups is 1. The van der Waals surface area contributed by atoms with Crippen LogP contribution in [0.5, 0.6) is 0 Å². The quantitative estimate of drug-likeness (QED) is 0.592. The van der Waals surface area contributed by atoms with E-state index in [4.69, 9.17) is 8.94 Å². The molecule has 0 aliphatic carbocycles. The van der Waals surface area contributed by atoms with Crippen LogP contribution in [-0.2, 0) is 6.54 Å². The fourth-order valence-electron chi connectivity index (χ4n) is 2.37. The topological polar surface area (TPSA) is 99.0 Å². The van der Waals surface area contributed by atoms with Crippen molar-refractivity contribution in [2.75, 3.05) is 5.32 Å². The van der Waals surface area contributed by atoms with E-state index in [0.717, 1.165) is 5.56 Å². The lowest BCUT2D eigenvalue weighted by molar-refractivity contribution is 0.101. The largest absolute Gasteiger partial charge is 0.440 e. The molecule has 0 unspecified atom stereocenters. The summed E-state index contributed by atoms with van der Waals surface area (Å²) in [4.78, 5) is 16.0. The lowest BCUT2D eigenvalue weighted by Gasteiger charge is -2.01. The number of halogens is 1. The molecule has 3 heterocycles. The predicted octanol–water partition coefficient (Wildman–Crippen LogP) is 2.97. The first-order chi connectivity index (χ1) is 12.7. The maximum Gasteiger partial charge on any atom is 0.277 e. The third-order valence-electron chi connectivity index (χ3n) is 3.54. The second-order valence-corrected chi connectivity index (χ2v) is 5.45. The minimum absolute atomic E-state index is 0.0919. The number of rotatable bonds is 5. The Bertz CT molecular complexity index is 1040. The molecule has 0 saturated carbocycles. The summed E-state index contributed by atoms with van der Waals surface area (Å²) in [5, 5.41) is 10.5. The summed E-state index contributed by atoms with van der Waals surface area (Å²) < 4.78 is 25.0. The van der Waals surface area contributed by atoms with Crippen molar-refractivity contribution >= 4 is 11.6 Å². The first kappa shape index (κ1) is 15.8. The molecule has 0 aliphatic rings. The van der Waals surface area contributed by atoms with Gasteiger partial charge in [0.1, 0.15) is 5.82 Å². The molecule has 0 bridgehead atoms. The van der Waals surface area contributed by atoms with Crippen molar-refractivity contribution in [3.05, 3.63) is 72.4 Å². The maximum atomic E-state index is 13.2. The van der Waals surface area contributed by atoms with Crippen molar-refractivity contribution in [2.45, 2.75) is 6.54 Å². The molecule has 130 valence electrons. The van der Waals surface area contributed by atoms with Gasteiger partial charge in [-0.15, -0.1) is 0 Å². The Morgan fingerprint density at radius 3 is 2.96 bits per heavy atom. The first-order valence-electron chi connectivity index (χ1n) is 7.61. The van der Waals surface area contributed by atoms with E-state index < -0.39 is 5.91 Å². The van der Waals surface area contributed by atoms with Gasteiger partial charge in [-0.3, -0.25) is 9.48 Å². The van der Waals surface area contributed by atoms with E-state index in [2.05, 4.69) is 20.6 Å². The van der Waals surface area contributed by atoms with Crippen LogP contribution in [0.1, 0.15) is 16.1 Å². The average Bonchev–Trinajstić information content (AvgIpc) is 3.36. The Balaban J connectivity index is 1.43. The van der Waals surface area contributed by atoms with Gasteiger partial charge in [0, 0.05) is 12.3 Å². The molecule has 3 aromatic heterocycles. The zero-order valence-corrected chi connectivity index (χ0v) is 13.3. The van der Waals surface area contributed by atoms with Crippen LogP contribution in [0.25, 0.3) is 11.5 Å². The first-order valence-corrected chi connectivity index (χ1v) is 7.61. The highest BCUT2D eigenvalue weighted by Crippen LogP contribution is 2.20. The average molecular weight is 353 g/mol. The molecule has 8 nitrogen and oxygen atoms in total. The van der Waals surface area contributed by atoms with Crippen molar-refractivity contribution < 1.29 is 18.1 Å². The molecule has 1 aromatic carbocycles. The summed E-state index contributed by atoms with van der Waals surface area (Å²) in [6.07, 6.45) is 5.85. The predicted molar refractivity (Wildman–Crippen MR) is 87.7 cm³/mol. The molecule has 9 heteroatoms. The van der Waals surface area contributed by atoms with Gasteiger partial charge in [-0.1, -0.05) is 17.3 Å². The van der Waals surface area contributed by atoms with Gasteiger partial charge >= 0.3 is 0 Å². The third kappa shape index (κ3) is 3.36. The second kappa shape index (κ2) is 6.63. The molecular formula is C17H12FN5O3. The highest BCUT2D eigenvalue weighted by atomic mass is 19.1. The van der Waals surface area contributed by atoms with E-state index in [1.54, 1.807) is 23.0 Å². The summed E-state index contributed by atoms with van der Waals surface area (Å²) in [5.41, 5.74) is 1.34. The van der Waals surface area contributed by atoms with Crippen LogP contribution in [0.3, 0.4) is 0 Å². The fourth-order valence-corrected chi connectivity index (χ4v) is 2.37. The highest BCUT2D eigenvalue weighted by Gasteiger charge is 2.16. The second-order valence-electron chi connectivity index (χ2n) is 5.45. The lowest BCUT2D eigenvalue weighted by Crippen LogP contribution is -2.11. The molecule has 4 rings (SSSR count). The molecule has 0 saturated heterocycles. The number of hydrogen-bond acceptors (Lipinski definition) is 6. The van der Waals surface area contributed by atoms with Crippen molar-refractivity contribution in [1.82, 2.24) is 19.9 Å². The third-order valence-corrected chi connectivity index (χ3v) is 3.54. The molecule has 26 heavy (non-hydrogen) atoms. The van der Waals surface area contributed by atoms with Crippen molar-refractivity contribution in [3.8, 4) is 11.5 Å². The molecule has 0 atom stereocenters. The number of nitrogens with one attached hydrogen (secondary N) is 1. The number of oxazole rings is 1. The molecule has 0 aliphatic heterocycles. The van der Waals surface area contributed by atoms with Crippen LogP contribution in [0, 0.1) is 5.82 Å². The van der Waals surface area contributed by atoms with Crippen LogP contribution in [0.2, 0.25) is 0 Å². The monoisotopic (exact) mass is 353 g/mol. The molecule has 0 fully saturated rings. The number of amides is 1. The van der Waals surface area contributed by atoms with Crippen LogP contribution in [-0.4, -0.2) is 25.8 Å². The smallest absolute Gasteiger partial charge is 0.277 e. The zero-order chi connectivity index (χ0) is 17.9. The summed E-state index contributed by atoms with van der Waals surface area (Å²) in [6, 6.07) is 7.69. The summed E-state index contributed by atoms with van der Waals surface area (Å²) in [6.45, 7) is 0.382. The van der Waals surface area contributed by atoms with Crippen LogP contribution >= 0.6 is 0 Å². The van der Waals surface area contributed by atoms with Crippen LogP contribution < -0.4 is 5.32 Å². The van der Waals surface area contributed by atoms with E-state index in [1.165, 1.54) is 37.0 Å². The number of carbonyl (C=O) groups excluding carboxylic acids is 1. The Kier molecular flexibility index (Phi) is 4.02. The molecule has 0 radical (unpaired) electrons. The number of nitrogens with zero attached hydrogens (tertiary/aromatic N) is 4.